The lowest BCUT2D eigenvalue weighted by Gasteiger charge is -2.35. The van der Waals surface area contributed by atoms with E-state index in [-0.39, 0.29) is 17.7 Å². The number of nitrogens with zero attached hydrogens (tertiary/aromatic N) is 1. The average molecular weight is 427 g/mol. The molecule has 2 aromatic carbocycles. The van der Waals surface area contributed by atoms with Crippen LogP contribution in [0.1, 0.15) is 59.7 Å². The fourth-order valence-corrected chi connectivity index (χ4v) is 4.17. The Balaban J connectivity index is 1.63. The van der Waals surface area contributed by atoms with Crippen molar-refractivity contribution in [2.24, 2.45) is 5.92 Å². The zero-order valence-corrected chi connectivity index (χ0v) is 18.8. The fourth-order valence-electron chi connectivity index (χ4n) is 4.00. The summed E-state index contributed by atoms with van der Waals surface area (Å²) in [5.74, 6) is 0.620. The Labute approximate surface area is 184 Å². The summed E-state index contributed by atoms with van der Waals surface area (Å²) in [5, 5.41) is 2.96. The molecule has 3 rings (SSSR count). The van der Waals surface area contributed by atoms with Crippen LogP contribution in [-0.2, 0) is 10.7 Å². The molecule has 30 heavy (non-hydrogen) atoms. The van der Waals surface area contributed by atoms with Crippen molar-refractivity contribution in [1.82, 2.24) is 10.2 Å². The molecule has 2 amide bonds. The van der Waals surface area contributed by atoms with E-state index >= 15 is 0 Å². The molecule has 0 bridgehead atoms. The number of hydrogen-bond donors (Lipinski definition) is 1. The van der Waals surface area contributed by atoms with Crippen molar-refractivity contribution in [1.29, 1.82) is 0 Å². The number of piperidine rings is 1. The molecule has 0 aromatic heterocycles. The number of likely N-dealkylation sites (tertiary alicyclic amines) is 1. The molecule has 1 N–H and O–H groups in total. The molecule has 0 saturated carbocycles. The summed E-state index contributed by atoms with van der Waals surface area (Å²) in [7, 11) is 0. The second kappa shape index (κ2) is 10.1. The van der Waals surface area contributed by atoms with Gasteiger partial charge in [-0.3, -0.25) is 9.59 Å². The van der Waals surface area contributed by atoms with Gasteiger partial charge in [0.25, 0.3) is 5.91 Å². The van der Waals surface area contributed by atoms with Crippen molar-refractivity contribution in [3.63, 3.8) is 0 Å². The van der Waals surface area contributed by atoms with E-state index < -0.39 is 6.04 Å². The highest BCUT2D eigenvalue weighted by molar-refractivity contribution is 6.17. The molecule has 0 aliphatic carbocycles. The minimum atomic E-state index is -0.534. The molecule has 0 unspecified atom stereocenters. The molecule has 160 valence electrons. The lowest BCUT2D eigenvalue weighted by atomic mass is 9.88. The maximum Gasteiger partial charge on any atom is 0.251 e. The van der Waals surface area contributed by atoms with Gasteiger partial charge in [-0.15, -0.1) is 11.6 Å². The van der Waals surface area contributed by atoms with Gasteiger partial charge in [-0.1, -0.05) is 55.8 Å². The average Bonchev–Trinajstić information content (AvgIpc) is 2.77. The van der Waals surface area contributed by atoms with E-state index in [2.05, 4.69) is 36.5 Å². The third-order valence-corrected chi connectivity index (χ3v) is 6.23. The van der Waals surface area contributed by atoms with Crippen LogP contribution in [0.5, 0.6) is 0 Å². The Bertz CT molecular complexity index is 871. The third kappa shape index (κ3) is 5.42. The topological polar surface area (TPSA) is 49.4 Å². The lowest BCUT2D eigenvalue weighted by Crippen LogP contribution is -2.52. The second-order valence-corrected chi connectivity index (χ2v) is 8.81. The summed E-state index contributed by atoms with van der Waals surface area (Å²) >= 11 is 5.88. The number of carbonyl (C=O) groups excluding carboxylic acids is 2. The summed E-state index contributed by atoms with van der Waals surface area (Å²) in [6, 6.07) is 15.4. The molecule has 1 saturated heterocycles. The Hall–Kier alpha value is -2.33. The van der Waals surface area contributed by atoms with Crippen LogP contribution < -0.4 is 5.32 Å². The number of benzene rings is 2. The highest BCUT2D eigenvalue weighted by atomic mass is 35.5. The van der Waals surface area contributed by atoms with Crippen molar-refractivity contribution in [2.45, 2.75) is 51.5 Å². The van der Waals surface area contributed by atoms with Gasteiger partial charge in [0, 0.05) is 24.5 Å². The zero-order valence-electron chi connectivity index (χ0n) is 18.0. The van der Waals surface area contributed by atoms with E-state index in [1.54, 1.807) is 12.1 Å². The number of rotatable bonds is 6. The third-order valence-electron chi connectivity index (χ3n) is 5.92. The van der Waals surface area contributed by atoms with Crippen LogP contribution in [0.2, 0.25) is 0 Å². The smallest absolute Gasteiger partial charge is 0.251 e. The summed E-state index contributed by atoms with van der Waals surface area (Å²) in [6.07, 6.45) is 1.90. The maximum absolute atomic E-state index is 13.2. The molecular formula is C25H31ClN2O2. The molecular weight excluding hydrogens is 396 g/mol. The summed E-state index contributed by atoms with van der Waals surface area (Å²) < 4.78 is 0. The summed E-state index contributed by atoms with van der Waals surface area (Å²) in [4.78, 5) is 27.9. The number of nitrogens with one attached hydrogen (secondary N) is 1. The van der Waals surface area contributed by atoms with E-state index in [9.17, 15) is 9.59 Å². The van der Waals surface area contributed by atoms with Crippen LogP contribution in [0.3, 0.4) is 0 Å². The minimum absolute atomic E-state index is 0.00693. The van der Waals surface area contributed by atoms with Crippen molar-refractivity contribution in [3.05, 3.63) is 70.8 Å². The van der Waals surface area contributed by atoms with Crippen molar-refractivity contribution >= 4 is 23.4 Å². The molecule has 2 aromatic rings. The first-order valence-corrected chi connectivity index (χ1v) is 11.2. The maximum atomic E-state index is 13.2. The minimum Gasteiger partial charge on any atom is -0.341 e. The number of halogens is 1. The molecule has 1 aliphatic heterocycles. The van der Waals surface area contributed by atoms with Crippen LogP contribution in [0, 0.1) is 12.8 Å². The summed E-state index contributed by atoms with van der Waals surface area (Å²) in [5.41, 5.74) is 4.03. The van der Waals surface area contributed by atoms with Crippen LogP contribution in [-0.4, -0.2) is 35.8 Å². The predicted octanol–water partition coefficient (Wildman–Crippen LogP) is 4.89. The number of carbonyl (C=O) groups is 2. The van der Waals surface area contributed by atoms with E-state index in [0.29, 0.717) is 17.4 Å². The highest BCUT2D eigenvalue weighted by Crippen LogP contribution is 2.28. The predicted molar refractivity (Wildman–Crippen MR) is 122 cm³/mol. The first-order valence-electron chi connectivity index (χ1n) is 10.7. The first kappa shape index (κ1) is 22.4. The molecule has 1 atom stereocenters. The van der Waals surface area contributed by atoms with E-state index in [4.69, 9.17) is 11.6 Å². The van der Waals surface area contributed by atoms with Gasteiger partial charge in [0.15, 0.2) is 0 Å². The standard InChI is InChI=1S/C25H31ClN2O2/c1-17(2)23(27-24(29)22-6-4-5-19(15-22)16-26)25(30)28-13-11-21(12-14-28)20-9-7-18(3)8-10-20/h4-10,15,17,21,23H,11-14,16H2,1-3H3,(H,27,29)/t23-/m1/s1. The quantitative estimate of drug-likeness (QED) is 0.668. The SMILES string of the molecule is Cc1ccc(C2CCN(C(=O)[C@H](NC(=O)c3cccc(CCl)c3)C(C)C)CC2)cc1. The van der Waals surface area contributed by atoms with Crippen LogP contribution >= 0.6 is 11.6 Å². The normalized spacial score (nSPS) is 15.8. The Morgan fingerprint density at radius 1 is 1.10 bits per heavy atom. The zero-order chi connectivity index (χ0) is 21.7. The van der Waals surface area contributed by atoms with Crippen molar-refractivity contribution in [3.8, 4) is 0 Å². The number of alkyl halides is 1. The molecule has 0 spiro atoms. The Morgan fingerprint density at radius 2 is 1.77 bits per heavy atom. The van der Waals surface area contributed by atoms with Gasteiger partial charge in [-0.05, 0) is 54.9 Å². The van der Waals surface area contributed by atoms with Gasteiger partial charge < -0.3 is 10.2 Å². The van der Waals surface area contributed by atoms with Gasteiger partial charge in [0.1, 0.15) is 6.04 Å². The van der Waals surface area contributed by atoms with E-state index in [1.807, 2.05) is 30.9 Å². The van der Waals surface area contributed by atoms with Gasteiger partial charge in [0.05, 0.1) is 0 Å². The largest absolute Gasteiger partial charge is 0.341 e. The van der Waals surface area contributed by atoms with Gasteiger partial charge >= 0.3 is 0 Å². The van der Waals surface area contributed by atoms with Gasteiger partial charge in [-0.2, -0.15) is 0 Å². The molecule has 1 aliphatic rings. The monoisotopic (exact) mass is 426 g/mol. The molecule has 1 heterocycles. The van der Waals surface area contributed by atoms with E-state index in [0.717, 1.165) is 31.5 Å². The van der Waals surface area contributed by atoms with Crippen LogP contribution in [0.4, 0.5) is 0 Å². The summed E-state index contributed by atoms with van der Waals surface area (Å²) in [6.45, 7) is 7.47. The number of hydrogen-bond acceptors (Lipinski definition) is 2. The van der Waals surface area contributed by atoms with Crippen molar-refractivity contribution in [2.75, 3.05) is 13.1 Å². The molecule has 4 nitrogen and oxygen atoms in total. The second-order valence-electron chi connectivity index (χ2n) is 8.54. The van der Waals surface area contributed by atoms with Crippen molar-refractivity contribution < 1.29 is 9.59 Å². The molecule has 1 fully saturated rings. The Kier molecular flexibility index (Phi) is 7.54. The van der Waals surface area contributed by atoms with Gasteiger partial charge in [-0.25, -0.2) is 0 Å². The highest BCUT2D eigenvalue weighted by Gasteiger charge is 2.31. The Morgan fingerprint density at radius 3 is 2.37 bits per heavy atom. The van der Waals surface area contributed by atoms with Crippen LogP contribution in [0.15, 0.2) is 48.5 Å². The van der Waals surface area contributed by atoms with Crippen LogP contribution in [0.25, 0.3) is 0 Å². The molecule has 0 radical (unpaired) electrons. The number of aryl methyl sites for hydroxylation is 1. The fraction of sp³-hybridized carbons (Fsp3) is 0.440. The molecule has 5 heteroatoms. The first-order chi connectivity index (χ1) is 14.4. The van der Waals surface area contributed by atoms with E-state index in [1.165, 1.54) is 11.1 Å². The van der Waals surface area contributed by atoms with Gasteiger partial charge in [0.2, 0.25) is 5.91 Å². The lowest BCUT2D eigenvalue weighted by molar-refractivity contribution is -0.135. The number of amides is 2.